The highest BCUT2D eigenvalue weighted by Crippen LogP contribution is 2.30. The number of benzene rings is 1. The van der Waals surface area contributed by atoms with Gasteiger partial charge in [0, 0.05) is 32.7 Å². The van der Waals surface area contributed by atoms with Crippen LogP contribution in [0.4, 0.5) is 13.2 Å². The second kappa shape index (κ2) is 5.71. The highest BCUT2D eigenvalue weighted by molar-refractivity contribution is 7.92. The molecule has 1 aromatic rings. The summed E-state index contributed by atoms with van der Waals surface area (Å²) in [6.07, 6.45) is 0. The molecule has 1 aromatic carbocycles. The van der Waals surface area contributed by atoms with Crippen LogP contribution in [0.3, 0.4) is 0 Å². The first-order valence-corrected chi connectivity index (χ1v) is 7.62. The minimum atomic E-state index is -5.26. The van der Waals surface area contributed by atoms with Crippen molar-refractivity contribution in [3.63, 3.8) is 0 Å². The first-order valence-electron chi connectivity index (χ1n) is 6.14. The Kier molecular flexibility index (Phi) is 4.36. The number of alkyl halides is 3. The summed E-state index contributed by atoms with van der Waals surface area (Å²) < 4.78 is 59.6. The van der Waals surface area contributed by atoms with Crippen molar-refractivity contribution in [2.75, 3.05) is 26.2 Å². The molecule has 0 spiro atoms. The Hall–Kier alpha value is -1.12. The molecule has 1 aliphatic heterocycles. The minimum Gasteiger partial charge on any atom is -0.314 e. The van der Waals surface area contributed by atoms with Crippen LogP contribution < -0.4 is 5.32 Å². The minimum absolute atomic E-state index is 0.605. The number of nitrogens with zero attached hydrogens (tertiary/aromatic N) is 1. The lowest BCUT2D eigenvalue weighted by molar-refractivity contribution is -0.0436. The van der Waals surface area contributed by atoms with Gasteiger partial charge in [0.25, 0.3) is 9.84 Å². The Morgan fingerprint density at radius 2 is 1.65 bits per heavy atom. The lowest BCUT2D eigenvalue weighted by Crippen LogP contribution is -2.42. The van der Waals surface area contributed by atoms with Crippen molar-refractivity contribution in [3.05, 3.63) is 29.8 Å². The van der Waals surface area contributed by atoms with Crippen molar-refractivity contribution < 1.29 is 21.6 Å². The zero-order chi connectivity index (χ0) is 14.8. The third-order valence-corrected chi connectivity index (χ3v) is 4.66. The van der Waals surface area contributed by atoms with E-state index in [0.717, 1.165) is 43.9 Å². The van der Waals surface area contributed by atoms with E-state index in [1.807, 2.05) is 0 Å². The Balaban J connectivity index is 2.10. The lowest BCUT2D eigenvalue weighted by Gasteiger charge is -2.27. The van der Waals surface area contributed by atoms with Gasteiger partial charge >= 0.3 is 5.51 Å². The molecule has 0 saturated carbocycles. The molecule has 2 rings (SSSR count). The average molecular weight is 308 g/mol. The van der Waals surface area contributed by atoms with Crippen LogP contribution in [0.2, 0.25) is 0 Å². The highest BCUT2D eigenvalue weighted by atomic mass is 32.2. The first-order chi connectivity index (χ1) is 9.30. The van der Waals surface area contributed by atoms with E-state index in [1.54, 1.807) is 0 Å². The van der Waals surface area contributed by atoms with Gasteiger partial charge in [-0.1, -0.05) is 12.1 Å². The van der Waals surface area contributed by atoms with E-state index in [2.05, 4.69) is 10.2 Å². The van der Waals surface area contributed by atoms with Crippen molar-refractivity contribution in [1.82, 2.24) is 10.2 Å². The van der Waals surface area contributed by atoms with E-state index in [0.29, 0.717) is 6.54 Å². The van der Waals surface area contributed by atoms with Crippen LogP contribution in [-0.4, -0.2) is 45.0 Å². The molecule has 1 saturated heterocycles. The van der Waals surface area contributed by atoms with E-state index >= 15 is 0 Å². The molecule has 20 heavy (non-hydrogen) atoms. The topological polar surface area (TPSA) is 49.4 Å². The quantitative estimate of drug-likeness (QED) is 0.917. The molecule has 0 unspecified atom stereocenters. The van der Waals surface area contributed by atoms with Crippen molar-refractivity contribution in [2.24, 2.45) is 0 Å². The van der Waals surface area contributed by atoms with Gasteiger partial charge in [0.1, 0.15) is 0 Å². The molecule has 1 heterocycles. The summed E-state index contributed by atoms with van der Waals surface area (Å²) in [4.78, 5) is 1.44. The van der Waals surface area contributed by atoms with Gasteiger partial charge in [-0.3, -0.25) is 4.90 Å². The lowest BCUT2D eigenvalue weighted by atomic mass is 10.2. The van der Waals surface area contributed by atoms with Gasteiger partial charge in [0.05, 0.1) is 4.90 Å². The van der Waals surface area contributed by atoms with E-state index in [-0.39, 0.29) is 0 Å². The Morgan fingerprint density at radius 3 is 2.15 bits per heavy atom. The molecule has 0 aromatic heterocycles. The zero-order valence-electron chi connectivity index (χ0n) is 10.7. The van der Waals surface area contributed by atoms with E-state index in [9.17, 15) is 21.6 Å². The average Bonchev–Trinajstić information content (AvgIpc) is 2.39. The van der Waals surface area contributed by atoms with Gasteiger partial charge in [-0.05, 0) is 17.7 Å². The zero-order valence-corrected chi connectivity index (χ0v) is 11.5. The number of nitrogens with one attached hydrogen (secondary N) is 1. The molecule has 112 valence electrons. The molecule has 0 bridgehead atoms. The number of hydrogen-bond acceptors (Lipinski definition) is 4. The Bertz CT molecular complexity index is 549. The molecule has 0 amide bonds. The van der Waals surface area contributed by atoms with Crippen LogP contribution in [0.5, 0.6) is 0 Å². The third-order valence-electron chi connectivity index (χ3n) is 3.15. The monoisotopic (exact) mass is 308 g/mol. The predicted octanol–water partition coefficient (Wildman–Crippen LogP) is 1.39. The number of hydrogen-bond donors (Lipinski definition) is 1. The van der Waals surface area contributed by atoms with Gasteiger partial charge in [-0.15, -0.1) is 0 Å². The largest absolute Gasteiger partial charge is 0.501 e. The van der Waals surface area contributed by atoms with Crippen LogP contribution in [0.15, 0.2) is 29.2 Å². The van der Waals surface area contributed by atoms with Gasteiger partial charge in [0.2, 0.25) is 0 Å². The molecule has 8 heteroatoms. The molecule has 1 aliphatic rings. The third kappa shape index (κ3) is 3.31. The van der Waals surface area contributed by atoms with E-state index in [1.165, 1.54) is 12.1 Å². The molecule has 0 atom stereocenters. The molecular weight excluding hydrogens is 293 g/mol. The fraction of sp³-hybridized carbons (Fsp3) is 0.500. The number of sulfone groups is 1. The normalized spacial score (nSPS) is 18.1. The highest BCUT2D eigenvalue weighted by Gasteiger charge is 2.46. The van der Waals surface area contributed by atoms with Crippen LogP contribution >= 0.6 is 0 Å². The molecule has 0 radical (unpaired) electrons. The predicted molar refractivity (Wildman–Crippen MR) is 67.8 cm³/mol. The SMILES string of the molecule is O=S(=O)(c1ccc(CN2CCNCC2)cc1)C(F)(F)F. The molecule has 1 fully saturated rings. The van der Waals surface area contributed by atoms with E-state index < -0.39 is 20.2 Å². The Labute approximate surface area is 115 Å². The van der Waals surface area contributed by atoms with E-state index in [4.69, 9.17) is 0 Å². The molecule has 0 aliphatic carbocycles. The summed E-state index contributed by atoms with van der Waals surface area (Å²) in [6, 6.07) is 4.89. The summed E-state index contributed by atoms with van der Waals surface area (Å²) in [5.74, 6) is 0. The fourth-order valence-corrected chi connectivity index (χ4v) is 2.80. The second-order valence-corrected chi connectivity index (χ2v) is 6.56. The second-order valence-electron chi connectivity index (χ2n) is 4.62. The van der Waals surface area contributed by atoms with Crippen LogP contribution in [0, 0.1) is 0 Å². The van der Waals surface area contributed by atoms with Gasteiger partial charge in [-0.25, -0.2) is 8.42 Å². The number of halogens is 3. The van der Waals surface area contributed by atoms with Gasteiger partial charge in [-0.2, -0.15) is 13.2 Å². The van der Waals surface area contributed by atoms with Crippen LogP contribution in [0.25, 0.3) is 0 Å². The van der Waals surface area contributed by atoms with Crippen LogP contribution in [-0.2, 0) is 16.4 Å². The standard InChI is InChI=1S/C12H15F3N2O2S/c13-12(14,15)20(18,19)11-3-1-10(2-4-11)9-17-7-5-16-6-8-17/h1-4,16H,5-9H2. The Morgan fingerprint density at radius 1 is 1.10 bits per heavy atom. The summed E-state index contributed by atoms with van der Waals surface area (Å²) in [5, 5.41) is 3.20. The number of rotatable bonds is 3. The maximum absolute atomic E-state index is 12.4. The maximum atomic E-state index is 12.4. The summed E-state index contributed by atoms with van der Waals surface area (Å²) in [6.45, 7) is 4.08. The maximum Gasteiger partial charge on any atom is 0.501 e. The summed E-state index contributed by atoms with van der Waals surface area (Å²) >= 11 is 0. The smallest absolute Gasteiger partial charge is 0.314 e. The van der Waals surface area contributed by atoms with Crippen LogP contribution in [0.1, 0.15) is 5.56 Å². The van der Waals surface area contributed by atoms with Crippen molar-refractivity contribution in [1.29, 1.82) is 0 Å². The number of piperazine rings is 1. The fourth-order valence-electron chi connectivity index (χ4n) is 2.04. The van der Waals surface area contributed by atoms with Crippen molar-refractivity contribution in [3.8, 4) is 0 Å². The molecule has 1 N–H and O–H groups in total. The van der Waals surface area contributed by atoms with Gasteiger partial charge < -0.3 is 5.32 Å². The molecule has 4 nitrogen and oxygen atoms in total. The first kappa shape index (κ1) is 15.3. The summed E-state index contributed by atoms with van der Waals surface area (Å²) in [5.41, 5.74) is -4.46. The van der Waals surface area contributed by atoms with Crippen molar-refractivity contribution in [2.45, 2.75) is 16.9 Å². The molecular formula is C12H15F3N2O2S. The van der Waals surface area contributed by atoms with Crippen molar-refractivity contribution >= 4 is 9.84 Å². The van der Waals surface area contributed by atoms with Gasteiger partial charge in [0.15, 0.2) is 0 Å². The summed E-state index contributed by atoms with van der Waals surface area (Å²) in [7, 11) is -5.25.